The second-order valence-electron chi connectivity index (χ2n) is 4.33. The Bertz CT molecular complexity index is 376. The standard InChI is InChI=1S/C14H22N2O2/c1-4-13(17)11-6-8-12(9-7-11)16(3)10-14(18)15-5-2/h6-9,13,17H,4-5,10H2,1-3H3,(H,15,18)/t13-/m1/s1. The molecule has 0 aliphatic carbocycles. The molecule has 0 aliphatic rings. The molecule has 4 nitrogen and oxygen atoms in total. The van der Waals surface area contributed by atoms with Gasteiger partial charge >= 0.3 is 0 Å². The Morgan fingerprint density at radius 2 is 1.94 bits per heavy atom. The first-order chi connectivity index (χ1) is 8.58. The number of carbonyl (C=O) groups is 1. The molecule has 100 valence electrons. The maximum atomic E-state index is 11.5. The summed E-state index contributed by atoms with van der Waals surface area (Å²) in [5.41, 5.74) is 1.88. The summed E-state index contributed by atoms with van der Waals surface area (Å²) in [5, 5.41) is 12.5. The minimum absolute atomic E-state index is 0.0117. The van der Waals surface area contributed by atoms with Crippen molar-refractivity contribution in [1.82, 2.24) is 5.32 Å². The highest BCUT2D eigenvalue weighted by molar-refractivity contribution is 5.81. The number of amides is 1. The van der Waals surface area contributed by atoms with Crippen LogP contribution in [0.4, 0.5) is 5.69 Å². The first-order valence-electron chi connectivity index (χ1n) is 6.34. The van der Waals surface area contributed by atoms with Crippen LogP contribution in [-0.4, -0.2) is 31.2 Å². The van der Waals surface area contributed by atoms with Crippen LogP contribution in [0.1, 0.15) is 31.9 Å². The van der Waals surface area contributed by atoms with E-state index in [9.17, 15) is 9.90 Å². The Hall–Kier alpha value is -1.55. The SMILES string of the molecule is CCNC(=O)CN(C)c1ccc([C@H](O)CC)cc1. The first kappa shape index (κ1) is 14.5. The molecular formula is C14H22N2O2. The zero-order valence-corrected chi connectivity index (χ0v) is 11.3. The van der Waals surface area contributed by atoms with Crippen molar-refractivity contribution in [3.8, 4) is 0 Å². The lowest BCUT2D eigenvalue weighted by atomic mass is 10.1. The van der Waals surface area contributed by atoms with Gasteiger partial charge in [-0.2, -0.15) is 0 Å². The lowest BCUT2D eigenvalue weighted by Crippen LogP contribution is -2.34. The number of nitrogens with one attached hydrogen (secondary N) is 1. The number of benzene rings is 1. The van der Waals surface area contributed by atoms with E-state index < -0.39 is 6.10 Å². The van der Waals surface area contributed by atoms with E-state index in [1.807, 2.05) is 50.1 Å². The number of rotatable bonds is 6. The summed E-state index contributed by atoms with van der Waals surface area (Å²) < 4.78 is 0. The molecule has 0 aromatic heterocycles. The third-order valence-electron chi connectivity index (χ3n) is 2.86. The molecule has 0 bridgehead atoms. The van der Waals surface area contributed by atoms with Crippen LogP contribution in [0.3, 0.4) is 0 Å². The Balaban J connectivity index is 2.64. The molecule has 0 spiro atoms. The van der Waals surface area contributed by atoms with Crippen LogP contribution in [0, 0.1) is 0 Å². The number of aliphatic hydroxyl groups excluding tert-OH is 1. The molecule has 0 aliphatic heterocycles. The van der Waals surface area contributed by atoms with Gasteiger partial charge in [-0.05, 0) is 31.0 Å². The predicted octanol–water partition coefficient (Wildman–Crippen LogP) is 1.70. The van der Waals surface area contributed by atoms with Crippen LogP contribution < -0.4 is 10.2 Å². The molecule has 1 aromatic carbocycles. The molecule has 18 heavy (non-hydrogen) atoms. The van der Waals surface area contributed by atoms with Crippen molar-refractivity contribution in [2.75, 3.05) is 25.0 Å². The zero-order chi connectivity index (χ0) is 13.5. The van der Waals surface area contributed by atoms with Crippen LogP contribution in [0.5, 0.6) is 0 Å². The van der Waals surface area contributed by atoms with Crippen molar-refractivity contribution >= 4 is 11.6 Å². The quantitative estimate of drug-likeness (QED) is 0.808. The van der Waals surface area contributed by atoms with Gasteiger partial charge in [-0.15, -0.1) is 0 Å². The number of likely N-dealkylation sites (N-methyl/N-ethyl adjacent to an activating group) is 2. The Kier molecular flexibility index (Phi) is 5.65. The highest BCUT2D eigenvalue weighted by Crippen LogP contribution is 2.20. The number of hydrogen-bond acceptors (Lipinski definition) is 3. The van der Waals surface area contributed by atoms with Crippen molar-refractivity contribution in [2.45, 2.75) is 26.4 Å². The second kappa shape index (κ2) is 7.01. The summed E-state index contributed by atoms with van der Waals surface area (Å²) in [4.78, 5) is 13.3. The normalized spacial score (nSPS) is 12.0. The van der Waals surface area contributed by atoms with Crippen LogP contribution in [0.15, 0.2) is 24.3 Å². The van der Waals surface area contributed by atoms with Gasteiger partial charge in [-0.1, -0.05) is 19.1 Å². The summed E-state index contributed by atoms with van der Waals surface area (Å²) in [6.45, 7) is 4.83. The molecule has 4 heteroatoms. The molecule has 0 saturated heterocycles. The summed E-state index contributed by atoms with van der Waals surface area (Å²) in [5.74, 6) is 0.0117. The van der Waals surface area contributed by atoms with E-state index >= 15 is 0 Å². The summed E-state index contributed by atoms with van der Waals surface area (Å²) in [6, 6.07) is 7.65. The van der Waals surface area contributed by atoms with Gasteiger partial charge in [0.05, 0.1) is 12.6 Å². The minimum Gasteiger partial charge on any atom is -0.388 e. The summed E-state index contributed by atoms with van der Waals surface area (Å²) in [6.07, 6.45) is 0.293. The van der Waals surface area contributed by atoms with Crippen LogP contribution >= 0.6 is 0 Å². The first-order valence-corrected chi connectivity index (χ1v) is 6.34. The Labute approximate surface area is 109 Å². The molecular weight excluding hydrogens is 228 g/mol. The average Bonchev–Trinajstić information content (AvgIpc) is 2.38. The largest absolute Gasteiger partial charge is 0.388 e. The predicted molar refractivity (Wildman–Crippen MR) is 73.6 cm³/mol. The van der Waals surface area contributed by atoms with Gasteiger partial charge in [0.1, 0.15) is 0 Å². The highest BCUT2D eigenvalue weighted by atomic mass is 16.3. The molecule has 0 saturated carbocycles. The zero-order valence-electron chi connectivity index (χ0n) is 11.3. The average molecular weight is 250 g/mol. The molecule has 1 rings (SSSR count). The molecule has 0 fully saturated rings. The van der Waals surface area contributed by atoms with Gasteiger partial charge in [-0.3, -0.25) is 4.79 Å². The van der Waals surface area contributed by atoms with Crippen LogP contribution in [-0.2, 0) is 4.79 Å². The van der Waals surface area contributed by atoms with E-state index in [4.69, 9.17) is 0 Å². The van der Waals surface area contributed by atoms with Crippen LogP contribution in [0.2, 0.25) is 0 Å². The van der Waals surface area contributed by atoms with Crippen molar-refractivity contribution in [1.29, 1.82) is 0 Å². The van der Waals surface area contributed by atoms with E-state index in [1.165, 1.54) is 0 Å². The Morgan fingerprint density at radius 1 is 1.33 bits per heavy atom. The maximum Gasteiger partial charge on any atom is 0.239 e. The maximum absolute atomic E-state index is 11.5. The van der Waals surface area contributed by atoms with Crippen molar-refractivity contribution in [3.63, 3.8) is 0 Å². The molecule has 2 N–H and O–H groups in total. The van der Waals surface area contributed by atoms with Gasteiger partial charge in [0.15, 0.2) is 0 Å². The minimum atomic E-state index is -0.409. The van der Waals surface area contributed by atoms with Crippen molar-refractivity contribution in [3.05, 3.63) is 29.8 Å². The van der Waals surface area contributed by atoms with Crippen molar-refractivity contribution < 1.29 is 9.90 Å². The topological polar surface area (TPSA) is 52.6 Å². The fraction of sp³-hybridized carbons (Fsp3) is 0.500. The van der Waals surface area contributed by atoms with Gasteiger partial charge in [-0.25, -0.2) is 0 Å². The summed E-state index contributed by atoms with van der Waals surface area (Å²) >= 11 is 0. The molecule has 0 unspecified atom stereocenters. The van der Waals surface area contributed by atoms with Crippen molar-refractivity contribution in [2.24, 2.45) is 0 Å². The third kappa shape index (κ3) is 4.04. The third-order valence-corrected chi connectivity index (χ3v) is 2.86. The number of anilines is 1. The number of hydrogen-bond donors (Lipinski definition) is 2. The lowest BCUT2D eigenvalue weighted by Gasteiger charge is -2.19. The van der Waals surface area contributed by atoms with E-state index in [0.717, 1.165) is 11.3 Å². The van der Waals surface area contributed by atoms with Gasteiger partial charge in [0, 0.05) is 19.3 Å². The molecule has 1 atom stereocenters. The molecule has 0 radical (unpaired) electrons. The second-order valence-corrected chi connectivity index (χ2v) is 4.33. The molecule has 1 aromatic rings. The highest BCUT2D eigenvalue weighted by Gasteiger charge is 2.08. The fourth-order valence-electron chi connectivity index (χ4n) is 1.75. The van der Waals surface area contributed by atoms with E-state index in [-0.39, 0.29) is 5.91 Å². The van der Waals surface area contributed by atoms with E-state index in [0.29, 0.717) is 19.5 Å². The van der Waals surface area contributed by atoms with Crippen LogP contribution in [0.25, 0.3) is 0 Å². The lowest BCUT2D eigenvalue weighted by molar-refractivity contribution is -0.119. The molecule has 0 heterocycles. The summed E-state index contributed by atoms with van der Waals surface area (Å²) in [7, 11) is 1.88. The number of aliphatic hydroxyl groups is 1. The fourth-order valence-corrected chi connectivity index (χ4v) is 1.75. The monoisotopic (exact) mass is 250 g/mol. The number of nitrogens with zero attached hydrogens (tertiary/aromatic N) is 1. The van der Waals surface area contributed by atoms with E-state index in [2.05, 4.69) is 5.32 Å². The van der Waals surface area contributed by atoms with Gasteiger partial charge in [0.2, 0.25) is 5.91 Å². The number of carbonyl (C=O) groups excluding carboxylic acids is 1. The molecule has 1 amide bonds. The smallest absolute Gasteiger partial charge is 0.239 e. The van der Waals surface area contributed by atoms with Gasteiger partial charge < -0.3 is 15.3 Å². The van der Waals surface area contributed by atoms with E-state index in [1.54, 1.807) is 0 Å². The van der Waals surface area contributed by atoms with Gasteiger partial charge in [0.25, 0.3) is 0 Å². The Morgan fingerprint density at radius 3 is 2.44 bits per heavy atom.